The van der Waals surface area contributed by atoms with Gasteiger partial charge in [0.1, 0.15) is 35.6 Å². The van der Waals surface area contributed by atoms with Gasteiger partial charge in [-0.05, 0) is 37.8 Å². The van der Waals surface area contributed by atoms with Crippen LogP contribution in [-0.4, -0.2) is 74.7 Å². The van der Waals surface area contributed by atoms with Crippen LogP contribution >= 0.6 is 11.6 Å². The number of hydrogen-bond donors (Lipinski definition) is 2. The van der Waals surface area contributed by atoms with Crippen LogP contribution in [0.25, 0.3) is 11.3 Å². The van der Waals surface area contributed by atoms with Gasteiger partial charge in [0.25, 0.3) is 0 Å². The summed E-state index contributed by atoms with van der Waals surface area (Å²) in [5, 5.41) is 33.0. The lowest BCUT2D eigenvalue weighted by Crippen LogP contribution is -2.57. The number of halogens is 3. The summed E-state index contributed by atoms with van der Waals surface area (Å²) in [5.74, 6) is -2.33. The average molecular weight is 527 g/mol. The quantitative estimate of drug-likeness (QED) is 0.555. The Hall–Kier alpha value is -2.18. The van der Waals surface area contributed by atoms with Gasteiger partial charge in [-0.1, -0.05) is 28.4 Å². The van der Waals surface area contributed by atoms with Gasteiger partial charge in [-0.3, -0.25) is 0 Å². The molecule has 2 aromatic rings. The molecule has 9 nitrogen and oxygen atoms in total. The Morgan fingerprint density at radius 2 is 1.97 bits per heavy atom. The average Bonchev–Trinajstić information content (AvgIpc) is 3.51. The van der Waals surface area contributed by atoms with Crippen molar-refractivity contribution in [2.75, 3.05) is 13.7 Å². The monoisotopic (exact) mass is 526 g/mol. The largest absolute Gasteiger partial charge is 0.394 e. The molecule has 12 heteroatoms. The van der Waals surface area contributed by atoms with Crippen molar-refractivity contribution in [2.24, 2.45) is 5.16 Å². The summed E-state index contributed by atoms with van der Waals surface area (Å²) in [6, 6.07) is 1.72. The van der Waals surface area contributed by atoms with Gasteiger partial charge in [0.05, 0.1) is 29.6 Å². The number of aliphatic hydroxyl groups excluding tert-OH is 2. The molecule has 5 rings (SSSR count). The highest BCUT2D eigenvalue weighted by molar-refractivity contribution is 6.30. The SMILES string of the molecule is CO[C@@H]1[C@@H](n2cc(-c3ccc(Cl)c(F)c3F)nn2)[C@@H](O)[C@@H](CO)O[C@@H]1CC1=NOC2(CCCCC2)C1. The van der Waals surface area contributed by atoms with Crippen LogP contribution in [0.3, 0.4) is 0 Å². The molecule has 2 N–H and O–H groups in total. The molecule has 0 amide bonds. The Bertz CT molecular complexity index is 1130. The number of oxime groups is 1. The molecule has 196 valence electrons. The summed E-state index contributed by atoms with van der Waals surface area (Å²) in [6.07, 6.45) is 4.43. The minimum atomic E-state index is -1.20. The third-order valence-corrected chi connectivity index (χ3v) is 7.75. The number of ether oxygens (including phenoxy) is 2. The number of aliphatic hydroxyl groups is 2. The number of hydrogen-bond acceptors (Lipinski definition) is 8. The molecule has 3 heterocycles. The van der Waals surface area contributed by atoms with Crippen LogP contribution in [0.1, 0.15) is 51.0 Å². The second kappa shape index (κ2) is 10.3. The highest BCUT2D eigenvalue weighted by atomic mass is 35.5. The molecular weight excluding hydrogens is 498 g/mol. The highest BCUT2D eigenvalue weighted by Gasteiger charge is 2.49. The van der Waals surface area contributed by atoms with Gasteiger partial charge in [0.2, 0.25) is 0 Å². The van der Waals surface area contributed by atoms with Crippen LogP contribution < -0.4 is 0 Å². The molecule has 3 aliphatic rings. The van der Waals surface area contributed by atoms with Crippen molar-refractivity contribution in [2.45, 2.75) is 81.0 Å². The second-order valence-electron chi connectivity index (χ2n) is 9.76. The first-order valence-corrected chi connectivity index (χ1v) is 12.5. The van der Waals surface area contributed by atoms with Gasteiger partial charge in [-0.15, -0.1) is 5.10 Å². The second-order valence-corrected chi connectivity index (χ2v) is 10.2. The molecule has 0 unspecified atom stereocenters. The minimum absolute atomic E-state index is 0.0570. The molecule has 5 atom stereocenters. The predicted molar refractivity (Wildman–Crippen MR) is 126 cm³/mol. The minimum Gasteiger partial charge on any atom is -0.394 e. The van der Waals surface area contributed by atoms with Gasteiger partial charge in [-0.2, -0.15) is 0 Å². The van der Waals surface area contributed by atoms with Gasteiger partial charge < -0.3 is 24.5 Å². The van der Waals surface area contributed by atoms with E-state index in [1.807, 2.05) is 0 Å². The van der Waals surface area contributed by atoms with Crippen LogP contribution in [0.4, 0.5) is 8.78 Å². The Labute approximate surface area is 212 Å². The molecule has 1 aliphatic carbocycles. The number of benzene rings is 1. The summed E-state index contributed by atoms with van der Waals surface area (Å²) in [6.45, 7) is -0.434. The van der Waals surface area contributed by atoms with Crippen molar-refractivity contribution in [3.8, 4) is 11.3 Å². The summed E-state index contributed by atoms with van der Waals surface area (Å²) < 4.78 is 41.6. The Balaban J connectivity index is 1.40. The van der Waals surface area contributed by atoms with E-state index in [1.165, 1.54) is 36.5 Å². The summed E-state index contributed by atoms with van der Waals surface area (Å²) >= 11 is 5.66. The molecule has 1 aromatic heterocycles. The van der Waals surface area contributed by atoms with E-state index in [4.69, 9.17) is 25.9 Å². The van der Waals surface area contributed by atoms with Crippen molar-refractivity contribution in [1.29, 1.82) is 0 Å². The third kappa shape index (κ3) is 4.63. The molecule has 1 saturated heterocycles. The molecular formula is C24H29ClF2N4O5. The Morgan fingerprint density at radius 1 is 1.19 bits per heavy atom. The topological polar surface area (TPSA) is 111 Å². The molecule has 0 radical (unpaired) electrons. The fourth-order valence-electron chi connectivity index (χ4n) is 5.60. The van der Waals surface area contributed by atoms with E-state index in [1.54, 1.807) is 0 Å². The van der Waals surface area contributed by atoms with Crippen molar-refractivity contribution < 1.29 is 33.3 Å². The van der Waals surface area contributed by atoms with Crippen LogP contribution in [0.15, 0.2) is 23.5 Å². The molecule has 36 heavy (non-hydrogen) atoms. The zero-order valence-corrected chi connectivity index (χ0v) is 20.6. The van der Waals surface area contributed by atoms with E-state index in [0.29, 0.717) is 12.8 Å². The van der Waals surface area contributed by atoms with Crippen LogP contribution in [-0.2, 0) is 14.3 Å². The van der Waals surface area contributed by atoms with Gasteiger partial charge in [0.15, 0.2) is 11.6 Å². The van der Waals surface area contributed by atoms with Crippen LogP contribution in [0, 0.1) is 11.6 Å². The van der Waals surface area contributed by atoms with Crippen molar-refractivity contribution in [3.05, 3.63) is 35.0 Å². The van der Waals surface area contributed by atoms with E-state index in [-0.39, 0.29) is 21.9 Å². The van der Waals surface area contributed by atoms with E-state index >= 15 is 0 Å². The van der Waals surface area contributed by atoms with Crippen LogP contribution in [0.5, 0.6) is 0 Å². The number of nitrogens with zero attached hydrogens (tertiary/aromatic N) is 4. The first-order valence-electron chi connectivity index (χ1n) is 12.1. The molecule has 1 saturated carbocycles. The van der Waals surface area contributed by atoms with E-state index in [9.17, 15) is 19.0 Å². The van der Waals surface area contributed by atoms with E-state index in [0.717, 1.165) is 31.4 Å². The highest BCUT2D eigenvalue weighted by Crippen LogP contribution is 2.41. The smallest absolute Gasteiger partial charge is 0.178 e. The van der Waals surface area contributed by atoms with Gasteiger partial charge >= 0.3 is 0 Å². The van der Waals surface area contributed by atoms with E-state index in [2.05, 4.69) is 15.5 Å². The number of aromatic nitrogens is 3. The first kappa shape index (κ1) is 25.5. The molecule has 2 aliphatic heterocycles. The number of rotatable bonds is 6. The molecule has 2 fully saturated rings. The number of methoxy groups -OCH3 is 1. The standard InChI is InChI=1S/C24H29ClF2N4O5/c1-34-23-17(9-13-10-24(36-29-13)7-3-2-4-8-24)35-18(12-32)22(33)21(23)31-11-16(28-30-31)14-5-6-15(25)20(27)19(14)26/h5-6,11,17-18,21-23,32-33H,2-4,7-10,12H2,1H3/t17-,18-,21+,22+,23+/m1/s1. The first-order chi connectivity index (χ1) is 17.4. The van der Waals surface area contributed by atoms with Crippen molar-refractivity contribution in [3.63, 3.8) is 0 Å². The summed E-state index contributed by atoms with van der Waals surface area (Å²) in [7, 11) is 1.49. The maximum absolute atomic E-state index is 14.5. The van der Waals surface area contributed by atoms with Crippen molar-refractivity contribution in [1.82, 2.24) is 15.0 Å². The molecule has 0 bridgehead atoms. The molecule has 1 spiro atoms. The maximum Gasteiger partial charge on any atom is 0.178 e. The maximum atomic E-state index is 14.5. The van der Waals surface area contributed by atoms with Gasteiger partial charge in [-0.25, -0.2) is 13.5 Å². The lowest BCUT2D eigenvalue weighted by molar-refractivity contribution is -0.210. The normalized spacial score (nSPS) is 29.8. The fourth-order valence-corrected chi connectivity index (χ4v) is 5.75. The summed E-state index contributed by atoms with van der Waals surface area (Å²) in [5.41, 5.74) is 0.526. The zero-order chi connectivity index (χ0) is 25.4. The van der Waals surface area contributed by atoms with Gasteiger partial charge in [0, 0.05) is 25.5 Å². The summed E-state index contributed by atoms with van der Waals surface area (Å²) in [4.78, 5) is 5.86. The molecule has 1 aromatic carbocycles. The van der Waals surface area contributed by atoms with Crippen molar-refractivity contribution >= 4 is 17.3 Å². The predicted octanol–water partition coefficient (Wildman–Crippen LogP) is 3.42. The Morgan fingerprint density at radius 3 is 2.69 bits per heavy atom. The lowest BCUT2D eigenvalue weighted by atomic mass is 9.80. The van der Waals surface area contributed by atoms with E-state index < -0.39 is 48.7 Å². The van der Waals surface area contributed by atoms with Crippen LogP contribution in [0.2, 0.25) is 5.02 Å². The third-order valence-electron chi connectivity index (χ3n) is 7.46. The lowest BCUT2D eigenvalue weighted by Gasteiger charge is -2.43. The fraction of sp³-hybridized carbons (Fsp3) is 0.625. The zero-order valence-electron chi connectivity index (χ0n) is 19.8. The Kier molecular flexibility index (Phi) is 7.28.